The van der Waals surface area contributed by atoms with Gasteiger partial charge in [-0.25, -0.2) is 0 Å². The summed E-state index contributed by atoms with van der Waals surface area (Å²) in [5.41, 5.74) is 1.53. The maximum absolute atomic E-state index is 12.9. The maximum Gasteiger partial charge on any atom is 0.253 e. The van der Waals surface area contributed by atoms with Gasteiger partial charge < -0.3 is 10.2 Å². The van der Waals surface area contributed by atoms with E-state index in [2.05, 4.69) is 11.4 Å². The zero-order valence-corrected chi connectivity index (χ0v) is 14.3. The first-order chi connectivity index (χ1) is 12.6. The first kappa shape index (κ1) is 16.3. The van der Waals surface area contributed by atoms with Crippen LogP contribution in [0, 0.1) is 16.7 Å². The van der Waals surface area contributed by atoms with Crippen molar-refractivity contribution in [1.82, 2.24) is 10.2 Å². The van der Waals surface area contributed by atoms with E-state index in [4.69, 9.17) is 5.26 Å². The van der Waals surface area contributed by atoms with Crippen LogP contribution < -0.4 is 5.32 Å². The van der Waals surface area contributed by atoms with Gasteiger partial charge in [0.2, 0.25) is 5.91 Å². The van der Waals surface area contributed by atoms with Crippen molar-refractivity contribution in [3.63, 3.8) is 0 Å². The van der Waals surface area contributed by atoms with Crippen LogP contribution in [0.3, 0.4) is 0 Å². The summed E-state index contributed by atoms with van der Waals surface area (Å²) in [6, 6.07) is 18.8. The molecule has 2 aromatic rings. The van der Waals surface area contributed by atoms with Crippen LogP contribution >= 0.6 is 0 Å². The minimum Gasteiger partial charge on any atom is -0.355 e. The van der Waals surface area contributed by atoms with E-state index in [1.54, 1.807) is 29.2 Å². The fraction of sp³-hybridized carbons (Fsp3) is 0.286. The van der Waals surface area contributed by atoms with Gasteiger partial charge in [0.1, 0.15) is 0 Å². The number of hydrogen-bond acceptors (Lipinski definition) is 3. The predicted molar refractivity (Wildman–Crippen MR) is 96.3 cm³/mol. The molecule has 26 heavy (non-hydrogen) atoms. The normalized spacial score (nSPS) is 24.5. The van der Waals surface area contributed by atoms with Crippen molar-refractivity contribution in [1.29, 1.82) is 5.26 Å². The Morgan fingerprint density at radius 3 is 2.77 bits per heavy atom. The molecule has 2 atom stereocenters. The molecule has 0 aliphatic carbocycles. The second-order valence-corrected chi connectivity index (χ2v) is 7.00. The summed E-state index contributed by atoms with van der Waals surface area (Å²) in [4.78, 5) is 27.3. The molecule has 1 spiro atoms. The van der Waals surface area contributed by atoms with Crippen LogP contribution in [0.1, 0.15) is 33.8 Å². The Bertz CT molecular complexity index is 903. The molecule has 2 aliphatic heterocycles. The number of carbonyl (C=O) groups is 2. The second kappa shape index (κ2) is 6.30. The van der Waals surface area contributed by atoms with E-state index in [0.717, 1.165) is 5.56 Å². The van der Waals surface area contributed by atoms with E-state index in [0.29, 0.717) is 37.2 Å². The number of carbonyl (C=O) groups excluding carboxylic acids is 2. The molecule has 0 radical (unpaired) electrons. The quantitative estimate of drug-likeness (QED) is 0.908. The van der Waals surface area contributed by atoms with Crippen molar-refractivity contribution in [2.24, 2.45) is 5.41 Å². The molecule has 1 N–H and O–H groups in total. The lowest BCUT2D eigenvalue weighted by Gasteiger charge is -2.28. The molecule has 2 aromatic carbocycles. The zero-order chi connectivity index (χ0) is 18.1. The van der Waals surface area contributed by atoms with E-state index < -0.39 is 5.41 Å². The fourth-order valence-corrected chi connectivity index (χ4v) is 4.23. The predicted octanol–water partition coefficient (Wildman–Crippen LogP) is 2.30. The van der Waals surface area contributed by atoms with Gasteiger partial charge in [0.15, 0.2) is 0 Å². The van der Waals surface area contributed by atoms with Crippen LogP contribution in [0.15, 0.2) is 54.6 Å². The number of rotatable bonds is 2. The first-order valence-corrected chi connectivity index (χ1v) is 8.77. The van der Waals surface area contributed by atoms with E-state index in [1.807, 2.05) is 30.3 Å². The molecule has 130 valence electrons. The summed E-state index contributed by atoms with van der Waals surface area (Å²) < 4.78 is 0. The highest BCUT2D eigenvalue weighted by atomic mass is 16.2. The summed E-state index contributed by atoms with van der Waals surface area (Å²) in [5, 5.41) is 12.0. The third-order valence-corrected chi connectivity index (χ3v) is 5.61. The Labute approximate surface area is 152 Å². The number of amides is 2. The molecule has 0 aromatic heterocycles. The largest absolute Gasteiger partial charge is 0.355 e. The van der Waals surface area contributed by atoms with Gasteiger partial charge in [-0.3, -0.25) is 9.59 Å². The molecule has 0 bridgehead atoms. The molecule has 5 heteroatoms. The molecule has 2 heterocycles. The molecule has 0 unspecified atom stereocenters. The van der Waals surface area contributed by atoms with E-state index in [-0.39, 0.29) is 17.7 Å². The third-order valence-electron chi connectivity index (χ3n) is 5.61. The Kier molecular flexibility index (Phi) is 3.96. The molecule has 2 saturated heterocycles. The van der Waals surface area contributed by atoms with Gasteiger partial charge >= 0.3 is 0 Å². The SMILES string of the molecule is N#Cc1cccc(C(=O)N2CC[C@@]3(C2)C(=O)NC[C@@H]3c2ccccc2)c1. The molecule has 2 amide bonds. The number of nitrogens with zero attached hydrogens (tertiary/aromatic N) is 2. The fourth-order valence-electron chi connectivity index (χ4n) is 4.23. The Balaban J connectivity index is 1.61. The number of nitrogens with one attached hydrogen (secondary N) is 1. The van der Waals surface area contributed by atoms with Gasteiger partial charge in [0.25, 0.3) is 5.91 Å². The molecular weight excluding hydrogens is 326 g/mol. The molecule has 2 aliphatic rings. The lowest BCUT2D eigenvalue weighted by Crippen LogP contribution is -2.39. The van der Waals surface area contributed by atoms with Crippen LogP contribution in [0.2, 0.25) is 0 Å². The van der Waals surface area contributed by atoms with Crippen LogP contribution in [0.4, 0.5) is 0 Å². The summed E-state index contributed by atoms with van der Waals surface area (Å²) in [6.45, 7) is 1.56. The second-order valence-electron chi connectivity index (χ2n) is 7.00. The average Bonchev–Trinajstić information content (AvgIpc) is 3.27. The Hall–Kier alpha value is -3.13. The van der Waals surface area contributed by atoms with Crippen LogP contribution in [-0.4, -0.2) is 36.3 Å². The van der Waals surface area contributed by atoms with Crippen LogP contribution in [-0.2, 0) is 4.79 Å². The van der Waals surface area contributed by atoms with E-state index in [1.165, 1.54) is 0 Å². The molecule has 0 saturated carbocycles. The highest BCUT2D eigenvalue weighted by Gasteiger charge is 2.55. The number of benzene rings is 2. The van der Waals surface area contributed by atoms with Crippen molar-refractivity contribution in [3.8, 4) is 6.07 Å². The number of hydrogen-bond donors (Lipinski definition) is 1. The number of likely N-dealkylation sites (tertiary alicyclic amines) is 1. The monoisotopic (exact) mass is 345 g/mol. The van der Waals surface area contributed by atoms with Crippen molar-refractivity contribution in [3.05, 3.63) is 71.3 Å². The van der Waals surface area contributed by atoms with E-state index >= 15 is 0 Å². The van der Waals surface area contributed by atoms with Gasteiger partial charge in [-0.05, 0) is 30.2 Å². The Morgan fingerprint density at radius 1 is 1.19 bits per heavy atom. The van der Waals surface area contributed by atoms with Gasteiger partial charge in [-0.2, -0.15) is 5.26 Å². The van der Waals surface area contributed by atoms with Crippen LogP contribution in [0.5, 0.6) is 0 Å². The maximum atomic E-state index is 12.9. The minimum absolute atomic E-state index is 0.0347. The first-order valence-electron chi connectivity index (χ1n) is 8.77. The Morgan fingerprint density at radius 2 is 2.00 bits per heavy atom. The summed E-state index contributed by atoms with van der Waals surface area (Å²) in [5.74, 6) is -0.0163. The smallest absolute Gasteiger partial charge is 0.253 e. The average molecular weight is 345 g/mol. The van der Waals surface area contributed by atoms with Crippen molar-refractivity contribution >= 4 is 11.8 Å². The lowest BCUT2D eigenvalue weighted by molar-refractivity contribution is -0.127. The highest BCUT2D eigenvalue weighted by molar-refractivity contribution is 5.96. The summed E-state index contributed by atoms with van der Waals surface area (Å²) in [6.07, 6.45) is 0.655. The zero-order valence-electron chi connectivity index (χ0n) is 14.3. The van der Waals surface area contributed by atoms with Crippen molar-refractivity contribution in [2.45, 2.75) is 12.3 Å². The minimum atomic E-state index is -0.566. The molecule has 5 nitrogen and oxygen atoms in total. The third kappa shape index (κ3) is 2.55. The van der Waals surface area contributed by atoms with Crippen LogP contribution in [0.25, 0.3) is 0 Å². The lowest BCUT2D eigenvalue weighted by atomic mass is 9.73. The van der Waals surface area contributed by atoms with Gasteiger partial charge in [0, 0.05) is 31.1 Å². The number of nitriles is 1. The van der Waals surface area contributed by atoms with Crippen molar-refractivity contribution in [2.75, 3.05) is 19.6 Å². The summed E-state index contributed by atoms with van der Waals surface area (Å²) >= 11 is 0. The standard InChI is InChI=1S/C21H19N3O2/c22-12-15-5-4-8-17(11-15)19(25)24-10-9-21(14-24)18(13-23-20(21)26)16-6-2-1-3-7-16/h1-8,11,18H,9-10,13-14H2,(H,23,26)/t18-,21+/m1/s1. The summed E-state index contributed by atoms with van der Waals surface area (Å²) in [7, 11) is 0. The highest BCUT2D eigenvalue weighted by Crippen LogP contribution is 2.47. The molecule has 4 rings (SSSR count). The molecule has 2 fully saturated rings. The molecular formula is C21H19N3O2. The van der Waals surface area contributed by atoms with Crippen molar-refractivity contribution < 1.29 is 9.59 Å². The van der Waals surface area contributed by atoms with Gasteiger partial charge in [0.05, 0.1) is 17.0 Å². The van der Waals surface area contributed by atoms with Gasteiger partial charge in [-0.15, -0.1) is 0 Å². The van der Waals surface area contributed by atoms with E-state index in [9.17, 15) is 9.59 Å². The van der Waals surface area contributed by atoms with Gasteiger partial charge in [-0.1, -0.05) is 36.4 Å². The topological polar surface area (TPSA) is 73.2 Å².